The number of hydrogen-bond acceptors (Lipinski definition) is 4. The highest BCUT2D eigenvalue weighted by molar-refractivity contribution is 7.89. The maximum absolute atomic E-state index is 12.5. The van der Waals surface area contributed by atoms with Crippen molar-refractivity contribution in [3.8, 4) is 5.75 Å². The van der Waals surface area contributed by atoms with Gasteiger partial charge in [0, 0.05) is 16.7 Å². The molecule has 0 fully saturated rings. The van der Waals surface area contributed by atoms with Crippen LogP contribution in [-0.4, -0.2) is 26.8 Å². The largest absolute Gasteiger partial charge is 0.495 e. The molecule has 0 unspecified atom stereocenters. The number of carbonyl (C=O) groups excluding carboxylic acids is 1. The molecule has 1 N–H and O–H groups in total. The molecule has 5 nitrogen and oxygen atoms in total. The summed E-state index contributed by atoms with van der Waals surface area (Å²) >= 11 is 6.04. The lowest BCUT2D eigenvalue weighted by atomic mass is 10.0. The van der Waals surface area contributed by atoms with E-state index < -0.39 is 15.6 Å². The van der Waals surface area contributed by atoms with Gasteiger partial charge < -0.3 is 4.74 Å². The summed E-state index contributed by atoms with van der Waals surface area (Å²) in [7, 11) is -2.15. The highest BCUT2D eigenvalue weighted by Gasteiger charge is 2.22. The molecule has 0 saturated heterocycles. The van der Waals surface area contributed by atoms with Crippen LogP contribution < -0.4 is 9.46 Å². The van der Waals surface area contributed by atoms with Crippen molar-refractivity contribution >= 4 is 27.4 Å². The molecule has 0 spiro atoms. The number of ether oxygens (including phenoxy) is 1. The standard InChI is InChI=1S/C18H20ClNO4S/c1-18(2,3)20-25(22,23)14-8-5-12(6-9-14)17(21)13-7-10-16(24-4)15(19)11-13/h5-11,20H,1-4H3. The first-order valence-corrected chi connectivity index (χ1v) is 9.42. The molecule has 25 heavy (non-hydrogen) atoms. The summed E-state index contributed by atoms with van der Waals surface area (Å²) in [5, 5.41) is 0.335. The summed E-state index contributed by atoms with van der Waals surface area (Å²) in [4.78, 5) is 12.6. The van der Waals surface area contributed by atoms with Gasteiger partial charge >= 0.3 is 0 Å². The van der Waals surface area contributed by atoms with Gasteiger partial charge in [-0.1, -0.05) is 11.6 Å². The van der Waals surface area contributed by atoms with Crippen molar-refractivity contribution in [2.75, 3.05) is 7.11 Å². The van der Waals surface area contributed by atoms with Crippen molar-refractivity contribution in [1.29, 1.82) is 0 Å². The fourth-order valence-corrected chi connectivity index (χ4v) is 3.90. The minimum Gasteiger partial charge on any atom is -0.495 e. The lowest BCUT2D eigenvalue weighted by molar-refractivity contribution is 0.103. The van der Waals surface area contributed by atoms with Crippen LogP contribution in [0.25, 0.3) is 0 Å². The zero-order valence-electron chi connectivity index (χ0n) is 14.5. The summed E-state index contributed by atoms with van der Waals surface area (Å²) in [6, 6.07) is 10.5. The normalized spacial score (nSPS) is 12.0. The number of sulfonamides is 1. The van der Waals surface area contributed by atoms with E-state index in [-0.39, 0.29) is 10.7 Å². The highest BCUT2D eigenvalue weighted by Crippen LogP contribution is 2.26. The first-order chi connectivity index (χ1) is 11.5. The van der Waals surface area contributed by atoms with Gasteiger partial charge in [0.2, 0.25) is 10.0 Å². The lowest BCUT2D eigenvalue weighted by Crippen LogP contribution is -2.40. The summed E-state index contributed by atoms with van der Waals surface area (Å²) in [6.07, 6.45) is 0. The van der Waals surface area contributed by atoms with E-state index in [0.717, 1.165) is 0 Å². The third kappa shape index (κ3) is 4.81. The van der Waals surface area contributed by atoms with Crippen LogP contribution in [0.15, 0.2) is 47.4 Å². The maximum atomic E-state index is 12.5. The number of ketones is 1. The van der Waals surface area contributed by atoms with Crippen molar-refractivity contribution < 1.29 is 17.9 Å². The number of hydrogen-bond donors (Lipinski definition) is 1. The summed E-state index contributed by atoms with van der Waals surface area (Å²) < 4.78 is 32.2. The smallest absolute Gasteiger partial charge is 0.241 e. The number of carbonyl (C=O) groups is 1. The van der Waals surface area contributed by atoms with Crippen LogP contribution in [0, 0.1) is 0 Å². The molecule has 0 atom stereocenters. The Morgan fingerprint density at radius 1 is 1.04 bits per heavy atom. The van der Waals surface area contributed by atoms with Crippen molar-refractivity contribution in [2.45, 2.75) is 31.2 Å². The minimum atomic E-state index is -3.64. The number of methoxy groups -OCH3 is 1. The second-order valence-electron chi connectivity index (χ2n) is 6.56. The highest BCUT2D eigenvalue weighted by atomic mass is 35.5. The Morgan fingerprint density at radius 3 is 2.08 bits per heavy atom. The van der Waals surface area contributed by atoms with Gasteiger partial charge in [-0.05, 0) is 63.2 Å². The van der Waals surface area contributed by atoms with Gasteiger partial charge in [-0.25, -0.2) is 13.1 Å². The first kappa shape index (κ1) is 19.4. The molecule has 0 aliphatic carbocycles. The average Bonchev–Trinajstić information content (AvgIpc) is 2.52. The molecule has 0 aliphatic heterocycles. The monoisotopic (exact) mass is 381 g/mol. The fraction of sp³-hybridized carbons (Fsp3) is 0.278. The fourth-order valence-electron chi connectivity index (χ4n) is 2.22. The van der Waals surface area contributed by atoms with Crippen LogP contribution in [0.4, 0.5) is 0 Å². The molecule has 2 aromatic carbocycles. The molecule has 2 rings (SSSR count). The van der Waals surface area contributed by atoms with Crippen LogP contribution in [0.5, 0.6) is 5.75 Å². The minimum absolute atomic E-state index is 0.103. The van der Waals surface area contributed by atoms with Gasteiger partial charge in [-0.3, -0.25) is 4.79 Å². The zero-order chi connectivity index (χ0) is 18.8. The van der Waals surface area contributed by atoms with Gasteiger partial charge in [0.05, 0.1) is 17.0 Å². The Bertz CT molecular complexity index is 884. The van der Waals surface area contributed by atoms with E-state index in [0.29, 0.717) is 21.9 Å². The molecule has 2 aromatic rings. The van der Waals surface area contributed by atoms with Crippen molar-refractivity contribution in [1.82, 2.24) is 4.72 Å². The molecule has 0 saturated carbocycles. The van der Waals surface area contributed by atoms with Crippen molar-refractivity contribution in [3.63, 3.8) is 0 Å². The Morgan fingerprint density at radius 2 is 1.60 bits per heavy atom. The van der Waals surface area contributed by atoms with Crippen LogP contribution >= 0.6 is 11.6 Å². The van der Waals surface area contributed by atoms with Gasteiger partial charge in [0.15, 0.2) is 5.78 Å². The Hall–Kier alpha value is -1.89. The maximum Gasteiger partial charge on any atom is 0.241 e. The quantitative estimate of drug-likeness (QED) is 0.802. The van der Waals surface area contributed by atoms with Crippen LogP contribution in [0.2, 0.25) is 5.02 Å². The number of benzene rings is 2. The lowest BCUT2D eigenvalue weighted by Gasteiger charge is -2.20. The topological polar surface area (TPSA) is 72.5 Å². The van der Waals surface area contributed by atoms with E-state index in [9.17, 15) is 13.2 Å². The van der Waals surface area contributed by atoms with Crippen molar-refractivity contribution in [2.24, 2.45) is 0 Å². The molecular formula is C18H20ClNO4S. The summed E-state index contributed by atoms with van der Waals surface area (Å²) in [5.41, 5.74) is 0.179. The van der Waals surface area contributed by atoms with E-state index in [2.05, 4.69) is 4.72 Å². The second-order valence-corrected chi connectivity index (χ2v) is 8.65. The SMILES string of the molecule is COc1ccc(C(=O)c2ccc(S(=O)(=O)NC(C)(C)C)cc2)cc1Cl. The molecule has 0 aromatic heterocycles. The van der Waals surface area contributed by atoms with E-state index in [1.165, 1.54) is 37.4 Å². The Kier molecular flexibility index (Phi) is 5.56. The Labute approximate surface area is 153 Å². The van der Waals surface area contributed by atoms with E-state index in [1.54, 1.807) is 32.9 Å². The van der Waals surface area contributed by atoms with E-state index in [1.807, 2.05) is 0 Å². The Balaban J connectivity index is 2.28. The summed E-state index contributed by atoms with van der Waals surface area (Å²) in [5.74, 6) is 0.227. The molecule has 0 bridgehead atoms. The molecule has 0 aliphatic rings. The predicted octanol–water partition coefficient (Wildman–Crippen LogP) is 3.66. The van der Waals surface area contributed by atoms with Gasteiger partial charge in [-0.2, -0.15) is 0 Å². The molecule has 134 valence electrons. The van der Waals surface area contributed by atoms with Gasteiger partial charge in [0.25, 0.3) is 0 Å². The molecule has 0 heterocycles. The third-order valence-electron chi connectivity index (χ3n) is 3.28. The van der Waals surface area contributed by atoms with E-state index in [4.69, 9.17) is 16.3 Å². The molecule has 7 heteroatoms. The van der Waals surface area contributed by atoms with Crippen molar-refractivity contribution in [3.05, 3.63) is 58.6 Å². The third-order valence-corrected chi connectivity index (χ3v) is 5.35. The average molecular weight is 382 g/mol. The van der Waals surface area contributed by atoms with Gasteiger partial charge in [0.1, 0.15) is 5.75 Å². The van der Waals surface area contributed by atoms with Crippen LogP contribution in [0.1, 0.15) is 36.7 Å². The van der Waals surface area contributed by atoms with E-state index >= 15 is 0 Å². The first-order valence-electron chi connectivity index (χ1n) is 7.56. The van der Waals surface area contributed by atoms with Crippen LogP contribution in [0.3, 0.4) is 0 Å². The number of nitrogens with one attached hydrogen (secondary N) is 1. The molecule has 0 amide bonds. The van der Waals surface area contributed by atoms with Gasteiger partial charge in [-0.15, -0.1) is 0 Å². The summed E-state index contributed by atoms with van der Waals surface area (Å²) in [6.45, 7) is 5.28. The number of halogens is 1. The van der Waals surface area contributed by atoms with Crippen LogP contribution in [-0.2, 0) is 10.0 Å². The second kappa shape index (κ2) is 7.15. The molecular weight excluding hydrogens is 362 g/mol. The zero-order valence-corrected chi connectivity index (χ0v) is 16.0. The predicted molar refractivity (Wildman–Crippen MR) is 98.0 cm³/mol. The number of rotatable bonds is 5. The molecule has 0 radical (unpaired) electrons.